The third kappa shape index (κ3) is 4.09. The Morgan fingerprint density at radius 1 is 1.35 bits per heavy atom. The lowest BCUT2D eigenvalue weighted by Crippen LogP contribution is -2.44. The minimum atomic E-state index is -0.407. The molecule has 26 heavy (non-hydrogen) atoms. The van der Waals surface area contributed by atoms with Crippen molar-refractivity contribution in [3.8, 4) is 0 Å². The van der Waals surface area contributed by atoms with Gasteiger partial charge in [0.15, 0.2) is 0 Å². The second kappa shape index (κ2) is 7.95. The van der Waals surface area contributed by atoms with Crippen molar-refractivity contribution in [3.63, 3.8) is 0 Å². The molecule has 0 bridgehead atoms. The van der Waals surface area contributed by atoms with Crippen LogP contribution in [0.25, 0.3) is 0 Å². The standard InChI is InChI=1S/C19H19BrFN3O2/c1-12-4-2-8-22-17(12)23-18(25)13-5-3-9-24(11-13)19(26)15-7-6-14(21)10-16(15)20/h2,4,6-8,10,13H,3,5,9,11H2,1H3,(H,22,23,25). The number of anilines is 1. The largest absolute Gasteiger partial charge is 0.338 e. The molecule has 1 unspecified atom stereocenters. The first kappa shape index (κ1) is 18.5. The second-order valence-corrected chi connectivity index (χ2v) is 7.23. The first-order valence-electron chi connectivity index (χ1n) is 8.42. The molecule has 3 rings (SSSR count). The third-order valence-corrected chi connectivity index (χ3v) is 5.15. The highest BCUT2D eigenvalue weighted by atomic mass is 79.9. The van der Waals surface area contributed by atoms with Crippen molar-refractivity contribution in [2.75, 3.05) is 18.4 Å². The van der Waals surface area contributed by atoms with Crippen LogP contribution >= 0.6 is 15.9 Å². The summed E-state index contributed by atoms with van der Waals surface area (Å²) in [5, 5.41) is 2.85. The number of carbonyl (C=O) groups excluding carboxylic acids is 2. The summed E-state index contributed by atoms with van der Waals surface area (Å²) in [4.78, 5) is 31.2. The molecule has 7 heteroatoms. The number of amides is 2. The number of nitrogens with zero attached hydrogens (tertiary/aromatic N) is 2. The van der Waals surface area contributed by atoms with Gasteiger partial charge in [-0.3, -0.25) is 9.59 Å². The van der Waals surface area contributed by atoms with Gasteiger partial charge in [0.1, 0.15) is 11.6 Å². The topological polar surface area (TPSA) is 62.3 Å². The van der Waals surface area contributed by atoms with Crippen LogP contribution in [-0.2, 0) is 4.79 Å². The van der Waals surface area contributed by atoms with E-state index < -0.39 is 5.82 Å². The van der Waals surface area contributed by atoms with E-state index in [9.17, 15) is 14.0 Å². The number of benzene rings is 1. The van der Waals surface area contributed by atoms with Gasteiger partial charge in [-0.2, -0.15) is 0 Å². The van der Waals surface area contributed by atoms with Gasteiger partial charge in [0, 0.05) is 23.8 Å². The average molecular weight is 420 g/mol. The van der Waals surface area contributed by atoms with Crippen LogP contribution in [0.3, 0.4) is 0 Å². The number of halogens is 2. The molecule has 0 radical (unpaired) electrons. The van der Waals surface area contributed by atoms with E-state index >= 15 is 0 Å². The number of piperidine rings is 1. The molecule has 0 aliphatic carbocycles. The van der Waals surface area contributed by atoms with Crippen molar-refractivity contribution >= 4 is 33.6 Å². The Morgan fingerprint density at radius 2 is 2.15 bits per heavy atom. The Kier molecular flexibility index (Phi) is 5.66. The van der Waals surface area contributed by atoms with E-state index in [-0.39, 0.29) is 17.7 Å². The van der Waals surface area contributed by atoms with Crippen molar-refractivity contribution in [2.24, 2.45) is 5.92 Å². The molecule has 5 nitrogen and oxygen atoms in total. The zero-order chi connectivity index (χ0) is 18.7. The van der Waals surface area contributed by atoms with Crippen LogP contribution in [0.2, 0.25) is 0 Å². The van der Waals surface area contributed by atoms with Gasteiger partial charge in [-0.15, -0.1) is 0 Å². The molecular weight excluding hydrogens is 401 g/mol. The molecule has 0 saturated carbocycles. The molecule has 1 fully saturated rings. The molecule has 0 spiro atoms. The average Bonchev–Trinajstić information content (AvgIpc) is 2.63. The van der Waals surface area contributed by atoms with Gasteiger partial charge < -0.3 is 10.2 Å². The minimum Gasteiger partial charge on any atom is -0.338 e. The fourth-order valence-corrected chi connectivity index (χ4v) is 3.56. The molecule has 1 aliphatic rings. The van der Waals surface area contributed by atoms with Crippen molar-refractivity contribution in [3.05, 3.63) is 57.9 Å². The number of aromatic nitrogens is 1. The minimum absolute atomic E-state index is 0.137. The third-order valence-electron chi connectivity index (χ3n) is 4.49. The van der Waals surface area contributed by atoms with Gasteiger partial charge in [0.2, 0.25) is 5.91 Å². The second-order valence-electron chi connectivity index (χ2n) is 6.37. The normalized spacial score (nSPS) is 17.0. The molecule has 1 aromatic carbocycles. The monoisotopic (exact) mass is 419 g/mol. The summed E-state index contributed by atoms with van der Waals surface area (Å²) in [5.74, 6) is -0.503. The summed E-state index contributed by atoms with van der Waals surface area (Å²) in [5.41, 5.74) is 1.29. The van der Waals surface area contributed by atoms with Gasteiger partial charge in [-0.1, -0.05) is 6.07 Å². The number of rotatable bonds is 3. The fraction of sp³-hybridized carbons (Fsp3) is 0.316. The molecule has 1 atom stereocenters. The quantitative estimate of drug-likeness (QED) is 0.822. The van der Waals surface area contributed by atoms with Crippen molar-refractivity contribution in [1.29, 1.82) is 0 Å². The Morgan fingerprint density at radius 3 is 2.88 bits per heavy atom. The lowest BCUT2D eigenvalue weighted by molar-refractivity contribution is -0.121. The Labute approximate surface area is 159 Å². The number of hydrogen-bond donors (Lipinski definition) is 1. The fourth-order valence-electron chi connectivity index (χ4n) is 3.04. The molecule has 2 amide bonds. The number of carbonyl (C=O) groups is 2. The molecule has 1 aliphatic heterocycles. The first-order chi connectivity index (χ1) is 12.5. The van der Waals surface area contributed by atoms with Gasteiger partial charge in [0.05, 0.1) is 11.5 Å². The number of nitrogens with one attached hydrogen (secondary N) is 1. The Bertz CT molecular complexity index is 843. The van der Waals surface area contributed by atoms with E-state index in [0.29, 0.717) is 35.4 Å². The van der Waals surface area contributed by atoms with E-state index in [2.05, 4.69) is 26.2 Å². The van der Waals surface area contributed by atoms with Crippen molar-refractivity contribution < 1.29 is 14.0 Å². The summed E-state index contributed by atoms with van der Waals surface area (Å²) in [6.07, 6.45) is 3.08. The van der Waals surface area contributed by atoms with Crippen LogP contribution in [-0.4, -0.2) is 34.8 Å². The van der Waals surface area contributed by atoms with Crippen molar-refractivity contribution in [2.45, 2.75) is 19.8 Å². The highest BCUT2D eigenvalue weighted by Gasteiger charge is 2.30. The van der Waals surface area contributed by atoms with E-state index in [1.807, 2.05) is 19.1 Å². The van der Waals surface area contributed by atoms with E-state index in [4.69, 9.17) is 0 Å². The molecule has 1 aromatic heterocycles. The predicted octanol–water partition coefficient (Wildman–Crippen LogP) is 3.78. The molecule has 1 saturated heterocycles. The zero-order valence-electron chi connectivity index (χ0n) is 14.3. The number of aryl methyl sites for hydroxylation is 1. The maximum absolute atomic E-state index is 13.2. The SMILES string of the molecule is Cc1cccnc1NC(=O)C1CCCN(C(=O)c2ccc(F)cc2Br)C1. The molecule has 136 valence electrons. The highest BCUT2D eigenvalue weighted by molar-refractivity contribution is 9.10. The maximum Gasteiger partial charge on any atom is 0.255 e. The van der Waals surface area contributed by atoms with Gasteiger partial charge in [-0.25, -0.2) is 9.37 Å². The van der Waals surface area contributed by atoms with Crippen LogP contribution in [0.5, 0.6) is 0 Å². The zero-order valence-corrected chi connectivity index (χ0v) is 15.9. The van der Waals surface area contributed by atoms with Gasteiger partial charge >= 0.3 is 0 Å². The van der Waals surface area contributed by atoms with Crippen LogP contribution in [0, 0.1) is 18.7 Å². The summed E-state index contributed by atoms with van der Waals surface area (Å²) in [7, 11) is 0. The van der Waals surface area contributed by atoms with E-state index in [1.54, 1.807) is 11.1 Å². The summed E-state index contributed by atoms with van der Waals surface area (Å²) in [6.45, 7) is 2.79. The molecule has 1 N–H and O–H groups in total. The lowest BCUT2D eigenvalue weighted by Gasteiger charge is -2.32. The highest BCUT2D eigenvalue weighted by Crippen LogP contribution is 2.24. The number of hydrogen-bond acceptors (Lipinski definition) is 3. The first-order valence-corrected chi connectivity index (χ1v) is 9.22. The molecule has 2 aromatic rings. The lowest BCUT2D eigenvalue weighted by atomic mass is 9.96. The summed E-state index contributed by atoms with van der Waals surface area (Å²) in [6, 6.07) is 7.68. The summed E-state index contributed by atoms with van der Waals surface area (Å²) < 4.78 is 13.7. The van der Waals surface area contributed by atoms with Crippen LogP contribution in [0.4, 0.5) is 10.2 Å². The predicted molar refractivity (Wildman–Crippen MR) is 100 cm³/mol. The molecular formula is C19H19BrFN3O2. The van der Waals surface area contributed by atoms with Gasteiger partial charge in [0.25, 0.3) is 5.91 Å². The Balaban J connectivity index is 1.69. The van der Waals surface area contributed by atoms with E-state index in [1.165, 1.54) is 18.2 Å². The van der Waals surface area contributed by atoms with Crippen LogP contribution < -0.4 is 5.32 Å². The Hall–Kier alpha value is -2.28. The smallest absolute Gasteiger partial charge is 0.255 e. The summed E-state index contributed by atoms with van der Waals surface area (Å²) >= 11 is 3.24. The number of pyridine rings is 1. The van der Waals surface area contributed by atoms with Crippen molar-refractivity contribution in [1.82, 2.24) is 9.88 Å². The molecule has 2 heterocycles. The number of likely N-dealkylation sites (tertiary alicyclic amines) is 1. The maximum atomic E-state index is 13.2. The van der Waals surface area contributed by atoms with Gasteiger partial charge in [-0.05, 0) is 65.5 Å². The van der Waals surface area contributed by atoms with E-state index in [0.717, 1.165) is 12.0 Å². The van der Waals surface area contributed by atoms with Crippen LogP contribution in [0.15, 0.2) is 41.0 Å². The van der Waals surface area contributed by atoms with Crippen LogP contribution in [0.1, 0.15) is 28.8 Å².